The molecule has 0 bridgehead atoms. The van der Waals surface area contributed by atoms with Crippen molar-refractivity contribution in [3.8, 4) is 0 Å². The fourth-order valence-corrected chi connectivity index (χ4v) is 0.866. The Morgan fingerprint density at radius 3 is 2.14 bits per heavy atom. The molecular formula is C11H15NO2. The highest BCUT2D eigenvalue weighted by Crippen LogP contribution is 2.01. The van der Waals surface area contributed by atoms with Crippen LogP contribution in [0.2, 0.25) is 0 Å². The first-order valence-electron chi connectivity index (χ1n) is 4.63. The Morgan fingerprint density at radius 1 is 1.21 bits per heavy atom. The van der Waals surface area contributed by atoms with Crippen LogP contribution in [0.15, 0.2) is 24.5 Å². The molecule has 0 aliphatic rings. The van der Waals surface area contributed by atoms with Crippen LogP contribution in [-0.2, 0) is 4.79 Å². The average Bonchev–Trinajstić information content (AvgIpc) is 2.21. The zero-order valence-electron chi connectivity index (χ0n) is 8.78. The molecule has 0 unspecified atom stereocenters. The van der Waals surface area contributed by atoms with Crippen LogP contribution >= 0.6 is 0 Å². The fraction of sp³-hybridized carbons (Fsp3) is 0.364. The third kappa shape index (κ3) is 4.50. The van der Waals surface area contributed by atoms with Crippen LogP contribution in [0.4, 0.5) is 0 Å². The van der Waals surface area contributed by atoms with Crippen LogP contribution in [0.5, 0.6) is 0 Å². The Balaban J connectivity index is 0.000000791. The van der Waals surface area contributed by atoms with E-state index in [9.17, 15) is 9.59 Å². The van der Waals surface area contributed by atoms with Gasteiger partial charge >= 0.3 is 0 Å². The molecule has 0 N–H and O–H groups in total. The Labute approximate surface area is 84.2 Å². The van der Waals surface area contributed by atoms with Crippen molar-refractivity contribution in [1.29, 1.82) is 0 Å². The molecule has 3 nitrogen and oxygen atoms in total. The first kappa shape index (κ1) is 12.5. The van der Waals surface area contributed by atoms with E-state index in [2.05, 4.69) is 4.98 Å². The molecule has 1 aromatic heterocycles. The molecule has 0 atom stereocenters. The van der Waals surface area contributed by atoms with Crippen LogP contribution in [0.25, 0.3) is 0 Å². The summed E-state index contributed by atoms with van der Waals surface area (Å²) in [6.07, 6.45) is 3.05. The van der Waals surface area contributed by atoms with Gasteiger partial charge in [-0.1, -0.05) is 13.8 Å². The van der Waals surface area contributed by atoms with Gasteiger partial charge in [0.15, 0.2) is 5.78 Å². The lowest BCUT2D eigenvalue weighted by Gasteiger charge is -1.95. The number of pyridine rings is 1. The zero-order valence-corrected chi connectivity index (χ0v) is 8.78. The summed E-state index contributed by atoms with van der Waals surface area (Å²) >= 11 is 0. The highest BCUT2D eigenvalue weighted by atomic mass is 16.1. The standard InChI is InChI=1S/C9H9NO2.C2H6/c1-7(11)6-9(12)8-2-4-10-5-3-8;1-2/h2-5H,6H2,1H3;1-2H3. The van der Waals surface area contributed by atoms with Gasteiger partial charge in [-0.2, -0.15) is 0 Å². The first-order chi connectivity index (χ1) is 6.70. The van der Waals surface area contributed by atoms with Crippen molar-refractivity contribution in [1.82, 2.24) is 4.98 Å². The van der Waals surface area contributed by atoms with Crippen LogP contribution < -0.4 is 0 Å². The maximum absolute atomic E-state index is 11.2. The van der Waals surface area contributed by atoms with E-state index in [1.54, 1.807) is 12.1 Å². The molecule has 0 aliphatic heterocycles. The normalized spacial score (nSPS) is 8.50. The largest absolute Gasteiger partial charge is 0.300 e. The molecule has 0 saturated heterocycles. The summed E-state index contributed by atoms with van der Waals surface area (Å²) in [6, 6.07) is 3.20. The predicted molar refractivity (Wildman–Crippen MR) is 55.2 cm³/mol. The number of ketones is 2. The van der Waals surface area contributed by atoms with Gasteiger partial charge < -0.3 is 0 Å². The topological polar surface area (TPSA) is 47.0 Å². The summed E-state index contributed by atoms with van der Waals surface area (Å²) in [5.74, 6) is -0.262. The van der Waals surface area contributed by atoms with Gasteiger partial charge in [-0.25, -0.2) is 0 Å². The van der Waals surface area contributed by atoms with Gasteiger partial charge in [-0.05, 0) is 19.1 Å². The monoisotopic (exact) mass is 193 g/mol. The van der Waals surface area contributed by atoms with Crippen molar-refractivity contribution < 1.29 is 9.59 Å². The van der Waals surface area contributed by atoms with Crippen molar-refractivity contribution in [2.45, 2.75) is 27.2 Å². The van der Waals surface area contributed by atoms with Crippen molar-refractivity contribution in [3.05, 3.63) is 30.1 Å². The maximum atomic E-state index is 11.2. The van der Waals surface area contributed by atoms with E-state index >= 15 is 0 Å². The lowest BCUT2D eigenvalue weighted by atomic mass is 10.1. The highest BCUT2D eigenvalue weighted by molar-refractivity contribution is 6.07. The summed E-state index contributed by atoms with van der Waals surface area (Å²) in [5, 5.41) is 0. The lowest BCUT2D eigenvalue weighted by molar-refractivity contribution is -0.116. The molecule has 0 fully saturated rings. The Bertz CT molecular complexity index is 293. The predicted octanol–water partition coefficient (Wildman–Crippen LogP) is 2.27. The molecule has 0 saturated carbocycles. The highest BCUT2D eigenvalue weighted by Gasteiger charge is 2.06. The smallest absolute Gasteiger partial charge is 0.170 e. The van der Waals surface area contributed by atoms with Crippen LogP contribution in [0.3, 0.4) is 0 Å². The lowest BCUT2D eigenvalue weighted by Crippen LogP contribution is -2.04. The number of carbonyl (C=O) groups excluding carboxylic acids is 2. The molecule has 0 aromatic carbocycles. The van der Waals surface area contributed by atoms with Crippen molar-refractivity contribution in [3.63, 3.8) is 0 Å². The third-order valence-electron chi connectivity index (χ3n) is 1.41. The summed E-state index contributed by atoms with van der Waals surface area (Å²) in [7, 11) is 0. The molecule has 3 heteroatoms. The van der Waals surface area contributed by atoms with Gasteiger partial charge in [0.2, 0.25) is 0 Å². The fourth-order valence-electron chi connectivity index (χ4n) is 0.866. The van der Waals surface area contributed by atoms with Gasteiger partial charge in [0.1, 0.15) is 5.78 Å². The SMILES string of the molecule is CC.CC(=O)CC(=O)c1ccncc1. The molecule has 1 heterocycles. The van der Waals surface area contributed by atoms with E-state index < -0.39 is 0 Å². The van der Waals surface area contributed by atoms with Gasteiger partial charge in [0, 0.05) is 18.0 Å². The zero-order chi connectivity index (χ0) is 11.0. The van der Waals surface area contributed by atoms with E-state index in [1.807, 2.05) is 13.8 Å². The van der Waals surface area contributed by atoms with E-state index in [0.717, 1.165) is 0 Å². The Kier molecular flexibility index (Phi) is 6.20. The minimum atomic E-state index is -0.148. The van der Waals surface area contributed by atoms with Crippen LogP contribution in [0, 0.1) is 0 Å². The number of hydrogen-bond donors (Lipinski definition) is 0. The van der Waals surface area contributed by atoms with Gasteiger partial charge in [0.05, 0.1) is 6.42 Å². The molecule has 1 rings (SSSR count). The summed E-state index contributed by atoms with van der Waals surface area (Å²) in [4.78, 5) is 25.6. The number of nitrogens with zero attached hydrogens (tertiary/aromatic N) is 1. The first-order valence-corrected chi connectivity index (χ1v) is 4.63. The van der Waals surface area contributed by atoms with Crippen molar-refractivity contribution >= 4 is 11.6 Å². The number of aromatic nitrogens is 1. The maximum Gasteiger partial charge on any atom is 0.170 e. The van der Waals surface area contributed by atoms with Crippen LogP contribution in [-0.4, -0.2) is 16.6 Å². The summed E-state index contributed by atoms with van der Waals surface area (Å²) < 4.78 is 0. The quantitative estimate of drug-likeness (QED) is 0.546. The summed E-state index contributed by atoms with van der Waals surface area (Å²) in [5.41, 5.74) is 0.542. The van der Waals surface area contributed by atoms with Gasteiger partial charge in [-0.15, -0.1) is 0 Å². The van der Waals surface area contributed by atoms with E-state index in [0.29, 0.717) is 5.56 Å². The van der Waals surface area contributed by atoms with Crippen LogP contribution in [0.1, 0.15) is 37.6 Å². The molecule has 0 radical (unpaired) electrons. The molecule has 0 amide bonds. The molecule has 0 aliphatic carbocycles. The molecule has 14 heavy (non-hydrogen) atoms. The average molecular weight is 193 g/mol. The van der Waals surface area contributed by atoms with E-state index in [-0.39, 0.29) is 18.0 Å². The third-order valence-corrected chi connectivity index (χ3v) is 1.41. The second kappa shape index (κ2) is 6.95. The summed E-state index contributed by atoms with van der Waals surface area (Å²) in [6.45, 7) is 5.40. The molecule has 1 aromatic rings. The second-order valence-electron chi connectivity index (χ2n) is 2.54. The van der Waals surface area contributed by atoms with Crippen molar-refractivity contribution in [2.24, 2.45) is 0 Å². The number of carbonyl (C=O) groups is 2. The van der Waals surface area contributed by atoms with Crippen molar-refractivity contribution in [2.75, 3.05) is 0 Å². The number of Topliss-reactive ketones (excluding diaryl/α,β-unsaturated/α-hetero) is 2. The molecule has 76 valence electrons. The molecular weight excluding hydrogens is 178 g/mol. The van der Waals surface area contributed by atoms with Gasteiger partial charge in [0.25, 0.3) is 0 Å². The Hall–Kier alpha value is -1.51. The van der Waals surface area contributed by atoms with Gasteiger partial charge in [-0.3, -0.25) is 14.6 Å². The minimum Gasteiger partial charge on any atom is -0.300 e. The Morgan fingerprint density at radius 2 is 1.71 bits per heavy atom. The number of rotatable bonds is 3. The van der Waals surface area contributed by atoms with E-state index in [4.69, 9.17) is 0 Å². The minimum absolute atomic E-state index is 0.0238. The number of hydrogen-bond acceptors (Lipinski definition) is 3. The second-order valence-corrected chi connectivity index (χ2v) is 2.54. The van der Waals surface area contributed by atoms with E-state index in [1.165, 1.54) is 19.3 Å². The molecule has 0 spiro atoms.